The highest BCUT2D eigenvalue weighted by molar-refractivity contribution is 5.72. The molecule has 0 saturated carbocycles. The van der Waals surface area contributed by atoms with Gasteiger partial charge < -0.3 is 5.73 Å². The summed E-state index contributed by atoms with van der Waals surface area (Å²) in [5, 5.41) is 14.6. The summed E-state index contributed by atoms with van der Waals surface area (Å²) < 4.78 is 0. The van der Waals surface area contributed by atoms with Crippen LogP contribution in [0.5, 0.6) is 0 Å². The van der Waals surface area contributed by atoms with Crippen molar-refractivity contribution < 1.29 is 5.03 Å². The maximum absolute atomic E-state index is 9.28. The van der Waals surface area contributed by atoms with Crippen LogP contribution in [0.15, 0.2) is 13.2 Å². The minimum Gasteiger partial charge on any atom is -0.366 e. The standard InChI is InChI=1S/C2H4.CH4N4O2/c1-2;2-1(3)4-5(6)7/h1-2H2;(H4,2,3,4). The Hall–Kier alpha value is -1.59. The molecule has 6 nitrogen and oxygen atoms in total. The molecule has 0 atom stereocenters. The fourth-order valence-electron chi connectivity index (χ4n) is 0.0983. The topological polar surface area (TPSA) is 105 Å². The van der Waals surface area contributed by atoms with Crippen molar-refractivity contribution in [3.8, 4) is 0 Å². The first-order valence-electron chi connectivity index (χ1n) is 1.88. The van der Waals surface area contributed by atoms with E-state index in [9.17, 15) is 10.1 Å². The second-order valence-corrected chi connectivity index (χ2v) is 0.783. The molecule has 0 aliphatic rings. The van der Waals surface area contributed by atoms with E-state index in [0.717, 1.165) is 0 Å². The average molecular weight is 132 g/mol. The van der Waals surface area contributed by atoms with E-state index in [1.165, 1.54) is 5.43 Å². The molecule has 0 spiro atoms. The van der Waals surface area contributed by atoms with E-state index in [-0.39, 0.29) is 0 Å². The molecule has 0 aromatic rings. The molecule has 0 aliphatic heterocycles. The molecular weight excluding hydrogens is 124 g/mol. The Labute approximate surface area is 52.0 Å². The van der Waals surface area contributed by atoms with E-state index in [1.807, 2.05) is 0 Å². The predicted octanol–water partition coefficient (Wildman–Crippen LogP) is -0.537. The van der Waals surface area contributed by atoms with Gasteiger partial charge in [0.15, 0.2) is 5.03 Å². The lowest BCUT2D eigenvalue weighted by Gasteiger charge is -1.86. The van der Waals surface area contributed by atoms with Gasteiger partial charge in [-0.25, -0.2) is 10.1 Å². The van der Waals surface area contributed by atoms with Gasteiger partial charge in [-0.3, -0.25) is 5.41 Å². The van der Waals surface area contributed by atoms with E-state index < -0.39 is 11.0 Å². The SMILES string of the molecule is C=C.N=C(N)N[N+](=O)[O-]. The van der Waals surface area contributed by atoms with Gasteiger partial charge in [0.05, 0.1) is 0 Å². The molecule has 0 radical (unpaired) electrons. The molecule has 0 bridgehead atoms. The second-order valence-electron chi connectivity index (χ2n) is 0.783. The second kappa shape index (κ2) is 6.41. The number of hydrazine groups is 1. The number of nitro groups is 1. The number of guanidine groups is 1. The van der Waals surface area contributed by atoms with Crippen LogP contribution >= 0.6 is 0 Å². The molecule has 0 amide bonds. The van der Waals surface area contributed by atoms with Crippen LogP contribution in [0.1, 0.15) is 0 Å². The number of nitrogens with two attached hydrogens (primary N) is 1. The molecule has 6 heteroatoms. The van der Waals surface area contributed by atoms with Crippen LogP contribution in [0, 0.1) is 15.5 Å². The van der Waals surface area contributed by atoms with E-state index in [2.05, 4.69) is 18.9 Å². The minimum atomic E-state index is -0.900. The van der Waals surface area contributed by atoms with Gasteiger partial charge >= 0.3 is 0 Å². The van der Waals surface area contributed by atoms with Crippen molar-refractivity contribution in [2.75, 3.05) is 0 Å². The molecule has 9 heavy (non-hydrogen) atoms. The summed E-state index contributed by atoms with van der Waals surface area (Å²) in [4.78, 5) is 9.28. The first kappa shape index (κ1) is 10.4. The lowest BCUT2D eigenvalue weighted by atomic mass is 11.1. The van der Waals surface area contributed by atoms with Crippen LogP contribution in [-0.4, -0.2) is 11.0 Å². The molecule has 0 aliphatic carbocycles. The van der Waals surface area contributed by atoms with Gasteiger partial charge in [0, 0.05) is 0 Å². The maximum atomic E-state index is 9.28. The highest BCUT2D eigenvalue weighted by atomic mass is 16.7. The largest absolute Gasteiger partial charge is 0.366 e. The zero-order valence-electron chi connectivity index (χ0n) is 4.76. The minimum absolute atomic E-state index is 0.662. The van der Waals surface area contributed by atoms with Gasteiger partial charge in [0.25, 0.3) is 0 Å². The van der Waals surface area contributed by atoms with Crippen molar-refractivity contribution >= 4 is 5.96 Å². The average Bonchev–Trinajstić information content (AvgIpc) is 1.68. The number of rotatable bonds is 1. The Kier molecular flexibility index (Phi) is 7.41. The van der Waals surface area contributed by atoms with Crippen LogP contribution in [0.2, 0.25) is 0 Å². The van der Waals surface area contributed by atoms with Gasteiger partial charge in [-0.1, -0.05) is 5.43 Å². The third-order valence-corrected chi connectivity index (χ3v) is 0.212. The van der Waals surface area contributed by atoms with Crippen LogP contribution < -0.4 is 11.2 Å². The Morgan fingerprint density at radius 3 is 2.11 bits per heavy atom. The number of nitrogens with zero attached hydrogens (tertiary/aromatic N) is 1. The molecule has 0 saturated heterocycles. The van der Waals surface area contributed by atoms with E-state index >= 15 is 0 Å². The van der Waals surface area contributed by atoms with Gasteiger partial charge in [-0.05, 0) is 0 Å². The molecule has 0 heterocycles. The first-order valence-corrected chi connectivity index (χ1v) is 1.88. The third-order valence-electron chi connectivity index (χ3n) is 0.212. The monoisotopic (exact) mass is 132 g/mol. The molecule has 0 aromatic carbocycles. The lowest BCUT2D eigenvalue weighted by molar-refractivity contribution is -0.525. The van der Waals surface area contributed by atoms with Crippen molar-refractivity contribution in [3.63, 3.8) is 0 Å². The summed E-state index contributed by atoms with van der Waals surface area (Å²) in [6, 6.07) is 0. The van der Waals surface area contributed by atoms with Gasteiger partial charge in [0.2, 0.25) is 5.96 Å². The summed E-state index contributed by atoms with van der Waals surface area (Å²) in [5.74, 6) is -0.662. The fraction of sp³-hybridized carbons (Fsp3) is 0. The third kappa shape index (κ3) is 21.5. The molecule has 52 valence electrons. The molecule has 0 rings (SSSR count). The Bertz CT molecular complexity index is 100. The highest BCUT2D eigenvalue weighted by Crippen LogP contribution is 1.50. The summed E-state index contributed by atoms with van der Waals surface area (Å²) in [6.07, 6.45) is 0. The van der Waals surface area contributed by atoms with Crippen LogP contribution in [0.3, 0.4) is 0 Å². The molecule has 0 unspecified atom stereocenters. The van der Waals surface area contributed by atoms with E-state index in [0.29, 0.717) is 0 Å². The zero-order valence-corrected chi connectivity index (χ0v) is 4.76. The van der Waals surface area contributed by atoms with E-state index in [4.69, 9.17) is 5.41 Å². The summed E-state index contributed by atoms with van der Waals surface area (Å²) >= 11 is 0. The Morgan fingerprint density at radius 2 is 2.11 bits per heavy atom. The first-order chi connectivity index (χ1) is 4.13. The maximum Gasteiger partial charge on any atom is 0.248 e. The predicted molar refractivity (Wildman–Crippen MR) is 33.3 cm³/mol. The van der Waals surface area contributed by atoms with Crippen molar-refractivity contribution in [2.45, 2.75) is 0 Å². The van der Waals surface area contributed by atoms with Crippen LogP contribution in [0.4, 0.5) is 0 Å². The normalized spacial score (nSPS) is 6.22. The number of nitrogens with one attached hydrogen (secondary N) is 2. The van der Waals surface area contributed by atoms with E-state index in [1.54, 1.807) is 0 Å². The quantitative estimate of drug-likeness (QED) is 0.146. The smallest absolute Gasteiger partial charge is 0.248 e. The van der Waals surface area contributed by atoms with Gasteiger partial charge in [0.1, 0.15) is 0 Å². The summed E-state index contributed by atoms with van der Waals surface area (Å²) in [6.45, 7) is 6.00. The van der Waals surface area contributed by atoms with Gasteiger partial charge in [-0.15, -0.1) is 13.2 Å². The van der Waals surface area contributed by atoms with Crippen molar-refractivity contribution in [1.29, 1.82) is 5.41 Å². The van der Waals surface area contributed by atoms with Crippen molar-refractivity contribution in [1.82, 2.24) is 5.43 Å². The fourth-order valence-corrected chi connectivity index (χ4v) is 0.0983. The van der Waals surface area contributed by atoms with Crippen molar-refractivity contribution in [3.05, 3.63) is 23.3 Å². The van der Waals surface area contributed by atoms with Crippen LogP contribution in [-0.2, 0) is 0 Å². The number of hydrogen-bond donors (Lipinski definition) is 3. The summed E-state index contributed by atoms with van der Waals surface area (Å²) in [7, 11) is 0. The molecule has 4 N–H and O–H groups in total. The van der Waals surface area contributed by atoms with Crippen molar-refractivity contribution in [2.24, 2.45) is 5.73 Å². The Morgan fingerprint density at radius 1 is 1.78 bits per heavy atom. The zero-order chi connectivity index (χ0) is 7.86. The molecular formula is C3H8N4O2. The van der Waals surface area contributed by atoms with Crippen LogP contribution in [0.25, 0.3) is 0 Å². The molecule has 0 aromatic heterocycles. The molecule has 0 fully saturated rings. The van der Waals surface area contributed by atoms with Gasteiger partial charge in [-0.2, -0.15) is 0 Å². The highest BCUT2D eigenvalue weighted by Gasteiger charge is 1.91. The number of hydrogen-bond acceptors (Lipinski definition) is 3. The summed E-state index contributed by atoms with van der Waals surface area (Å²) in [5.41, 5.74) is 5.91. The lowest BCUT2D eigenvalue weighted by Crippen LogP contribution is -2.34. The Balaban J connectivity index is 0.